The Bertz CT molecular complexity index is 898. The van der Waals surface area contributed by atoms with Crippen LogP contribution >= 0.6 is 27.5 Å². The van der Waals surface area contributed by atoms with Crippen LogP contribution in [-0.4, -0.2) is 7.11 Å². The van der Waals surface area contributed by atoms with E-state index in [1.165, 1.54) is 6.07 Å². The number of benzene rings is 3. The van der Waals surface area contributed by atoms with Crippen LogP contribution < -0.4 is 14.8 Å². The average molecular weight is 451 g/mol. The summed E-state index contributed by atoms with van der Waals surface area (Å²) in [7, 11) is 1.63. The van der Waals surface area contributed by atoms with Crippen molar-refractivity contribution in [1.29, 1.82) is 0 Å². The molecule has 3 nitrogen and oxygen atoms in total. The van der Waals surface area contributed by atoms with Crippen LogP contribution in [0.15, 0.2) is 65.1 Å². The van der Waals surface area contributed by atoms with E-state index in [9.17, 15) is 4.39 Å². The maximum absolute atomic E-state index is 14.0. The Kier molecular flexibility index (Phi) is 6.58. The van der Waals surface area contributed by atoms with E-state index in [2.05, 4.69) is 21.2 Å². The molecule has 0 saturated carbocycles. The first-order chi connectivity index (χ1) is 13.1. The number of anilines is 1. The predicted octanol–water partition coefficient (Wildman–Crippen LogP) is 6.44. The smallest absolute Gasteiger partial charge is 0.131 e. The lowest BCUT2D eigenvalue weighted by molar-refractivity contribution is 0.297. The highest BCUT2D eigenvalue weighted by molar-refractivity contribution is 9.10. The van der Waals surface area contributed by atoms with Gasteiger partial charge < -0.3 is 14.8 Å². The van der Waals surface area contributed by atoms with Gasteiger partial charge in [0, 0.05) is 27.8 Å². The third-order valence-corrected chi connectivity index (χ3v) is 4.88. The summed E-state index contributed by atoms with van der Waals surface area (Å²) in [4.78, 5) is 0. The fourth-order valence-electron chi connectivity index (χ4n) is 2.55. The lowest BCUT2D eigenvalue weighted by Crippen LogP contribution is -2.05. The summed E-state index contributed by atoms with van der Waals surface area (Å²) >= 11 is 9.56. The lowest BCUT2D eigenvalue weighted by Gasteiger charge is -2.14. The Morgan fingerprint density at radius 3 is 2.56 bits per heavy atom. The summed E-state index contributed by atoms with van der Waals surface area (Å²) < 4.78 is 25.9. The molecule has 140 valence electrons. The molecule has 0 aliphatic carbocycles. The van der Waals surface area contributed by atoms with Gasteiger partial charge in [0.2, 0.25) is 0 Å². The van der Waals surface area contributed by atoms with E-state index in [0.29, 0.717) is 22.9 Å². The van der Waals surface area contributed by atoms with Crippen LogP contribution in [0.5, 0.6) is 11.5 Å². The number of halogens is 3. The normalized spacial score (nSPS) is 10.5. The minimum Gasteiger partial charge on any atom is -0.497 e. The lowest BCUT2D eigenvalue weighted by atomic mass is 10.2. The number of ether oxygens (including phenoxy) is 2. The van der Waals surface area contributed by atoms with Gasteiger partial charge in [-0.2, -0.15) is 0 Å². The molecule has 27 heavy (non-hydrogen) atoms. The molecule has 3 aromatic carbocycles. The Balaban J connectivity index is 1.72. The molecule has 6 heteroatoms. The van der Waals surface area contributed by atoms with Crippen molar-refractivity contribution in [2.24, 2.45) is 0 Å². The molecule has 0 fully saturated rings. The summed E-state index contributed by atoms with van der Waals surface area (Å²) in [5.74, 6) is 1.09. The summed E-state index contributed by atoms with van der Waals surface area (Å²) in [5.41, 5.74) is 2.24. The monoisotopic (exact) mass is 449 g/mol. The maximum atomic E-state index is 14.0. The molecule has 3 rings (SSSR count). The van der Waals surface area contributed by atoms with E-state index >= 15 is 0 Å². The molecule has 0 amide bonds. The minimum atomic E-state index is -0.377. The molecule has 1 N–H and O–H groups in total. The van der Waals surface area contributed by atoms with Gasteiger partial charge in [-0.1, -0.05) is 33.6 Å². The van der Waals surface area contributed by atoms with Gasteiger partial charge in [0.25, 0.3) is 0 Å². The van der Waals surface area contributed by atoms with Crippen LogP contribution in [0, 0.1) is 5.82 Å². The Morgan fingerprint density at radius 1 is 1.07 bits per heavy atom. The first-order valence-corrected chi connectivity index (χ1v) is 9.46. The van der Waals surface area contributed by atoms with Gasteiger partial charge in [-0.3, -0.25) is 0 Å². The van der Waals surface area contributed by atoms with Crippen molar-refractivity contribution >= 4 is 33.2 Å². The summed E-state index contributed by atoms with van der Waals surface area (Å²) in [6, 6.07) is 18.0. The maximum Gasteiger partial charge on any atom is 0.131 e. The van der Waals surface area contributed by atoms with E-state index in [-0.39, 0.29) is 12.4 Å². The van der Waals surface area contributed by atoms with E-state index in [0.717, 1.165) is 21.5 Å². The van der Waals surface area contributed by atoms with Crippen LogP contribution in [-0.2, 0) is 13.2 Å². The van der Waals surface area contributed by atoms with Crippen molar-refractivity contribution in [2.45, 2.75) is 13.2 Å². The van der Waals surface area contributed by atoms with Crippen molar-refractivity contribution in [3.8, 4) is 11.5 Å². The molecule has 0 unspecified atom stereocenters. The highest BCUT2D eigenvalue weighted by Gasteiger charge is 2.10. The Labute approximate surface area is 171 Å². The van der Waals surface area contributed by atoms with Gasteiger partial charge in [-0.05, 0) is 54.6 Å². The molecule has 0 saturated heterocycles. The van der Waals surface area contributed by atoms with Gasteiger partial charge in [0.1, 0.15) is 23.9 Å². The highest BCUT2D eigenvalue weighted by Crippen LogP contribution is 2.27. The SMILES string of the molecule is COc1ccc(NCc2cc(Br)ccc2OCc2c(F)cccc2Cl)cc1. The zero-order valence-electron chi connectivity index (χ0n) is 14.6. The standard InChI is InChI=1S/C21H18BrClFNO2/c1-26-17-8-6-16(7-9-17)25-12-14-11-15(22)5-10-21(14)27-13-18-19(23)3-2-4-20(18)24/h2-11,25H,12-13H2,1H3. The second-order valence-corrected chi connectivity index (χ2v) is 7.15. The van der Waals surface area contributed by atoms with E-state index in [1.54, 1.807) is 19.2 Å². The van der Waals surface area contributed by atoms with E-state index in [1.807, 2.05) is 42.5 Å². The zero-order valence-corrected chi connectivity index (χ0v) is 17.0. The van der Waals surface area contributed by atoms with Crippen molar-refractivity contribution in [1.82, 2.24) is 0 Å². The summed E-state index contributed by atoms with van der Waals surface area (Å²) in [6.07, 6.45) is 0. The number of nitrogens with one attached hydrogen (secondary N) is 1. The van der Waals surface area contributed by atoms with Gasteiger partial charge in [-0.15, -0.1) is 0 Å². The van der Waals surface area contributed by atoms with Crippen molar-refractivity contribution in [2.75, 3.05) is 12.4 Å². The molecular formula is C21H18BrClFNO2. The molecule has 0 spiro atoms. The summed E-state index contributed by atoms with van der Waals surface area (Å²) in [5, 5.41) is 3.70. The number of hydrogen-bond donors (Lipinski definition) is 1. The fourth-order valence-corrected chi connectivity index (χ4v) is 3.18. The Morgan fingerprint density at radius 2 is 1.85 bits per heavy atom. The van der Waals surface area contributed by atoms with Gasteiger partial charge in [-0.25, -0.2) is 4.39 Å². The quantitative estimate of drug-likeness (QED) is 0.449. The van der Waals surface area contributed by atoms with Gasteiger partial charge >= 0.3 is 0 Å². The molecule has 0 heterocycles. The van der Waals surface area contributed by atoms with Crippen molar-refractivity contribution in [3.05, 3.63) is 87.1 Å². The Hall–Kier alpha value is -2.24. The number of methoxy groups -OCH3 is 1. The average Bonchev–Trinajstić information content (AvgIpc) is 2.67. The van der Waals surface area contributed by atoms with Crippen LogP contribution in [0.1, 0.15) is 11.1 Å². The fraction of sp³-hybridized carbons (Fsp3) is 0.143. The molecule has 0 aromatic heterocycles. The minimum absolute atomic E-state index is 0.0582. The number of hydrogen-bond acceptors (Lipinski definition) is 3. The van der Waals surface area contributed by atoms with Crippen LogP contribution in [0.3, 0.4) is 0 Å². The first-order valence-electron chi connectivity index (χ1n) is 8.29. The molecule has 0 bridgehead atoms. The zero-order chi connectivity index (χ0) is 19.2. The van der Waals surface area contributed by atoms with Crippen LogP contribution in [0.4, 0.5) is 10.1 Å². The highest BCUT2D eigenvalue weighted by atomic mass is 79.9. The second-order valence-electron chi connectivity index (χ2n) is 5.82. The predicted molar refractivity (Wildman–Crippen MR) is 110 cm³/mol. The first kappa shape index (κ1) is 19.5. The van der Waals surface area contributed by atoms with Crippen LogP contribution in [0.2, 0.25) is 5.02 Å². The molecule has 0 aliphatic rings. The molecule has 0 aliphatic heterocycles. The number of rotatable bonds is 7. The van der Waals surface area contributed by atoms with Crippen LogP contribution in [0.25, 0.3) is 0 Å². The van der Waals surface area contributed by atoms with Crippen molar-refractivity contribution in [3.63, 3.8) is 0 Å². The molecular weight excluding hydrogens is 433 g/mol. The largest absolute Gasteiger partial charge is 0.497 e. The summed E-state index contributed by atoms with van der Waals surface area (Å²) in [6.45, 7) is 0.606. The van der Waals surface area contributed by atoms with E-state index < -0.39 is 0 Å². The third-order valence-electron chi connectivity index (χ3n) is 4.03. The van der Waals surface area contributed by atoms with Gasteiger partial charge in [0.15, 0.2) is 0 Å². The topological polar surface area (TPSA) is 30.5 Å². The van der Waals surface area contributed by atoms with Crippen molar-refractivity contribution < 1.29 is 13.9 Å². The molecule has 0 atom stereocenters. The van der Waals surface area contributed by atoms with E-state index in [4.69, 9.17) is 21.1 Å². The third kappa shape index (κ3) is 5.15. The molecule has 3 aromatic rings. The molecule has 0 radical (unpaired) electrons. The second kappa shape index (κ2) is 9.11. The van der Waals surface area contributed by atoms with Gasteiger partial charge in [0.05, 0.1) is 12.1 Å².